The Balaban J connectivity index is 1.53. The molecule has 2 aromatic heterocycles. The van der Waals surface area contributed by atoms with Crippen molar-refractivity contribution in [1.82, 2.24) is 24.7 Å². The monoisotopic (exact) mass is 490 g/mol. The van der Waals surface area contributed by atoms with Crippen LogP contribution in [0.5, 0.6) is 0 Å². The second-order valence-electron chi connectivity index (χ2n) is 9.04. The standard InChI is InChI=1S/C26H30N6O4/c1-30-12-6-10-20(30)24(34)28-18-15-22(32(16-18)26(36)21-11-7-13-31(21)2)25(35)29-19(23(27)33)14-17-8-4-3-5-9-17/h3-13,18-19,22H,14-16H2,1-2H3,(H2,27,33)(H,28,34)(H,29,35). The van der Waals surface area contributed by atoms with Gasteiger partial charge in [-0.1, -0.05) is 30.3 Å². The molecule has 0 bridgehead atoms. The van der Waals surface area contributed by atoms with Crippen LogP contribution in [0.1, 0.15) is 33.0 Å². The molecule has 1 aromatic carbocycles. The number of likely N-dealkylation sites (tertiary alicyclic amines) is 1. The molecule has 10 heteroatoms. The number of nitrogens with two attached hydrogens (primary N) is 1. The number of benzene rings is 1. The molecule has 188 valence electrons. The first-order valence-corrected chi connectivity index (χ1v) is 11.7. The van der Waals surface area contributed by atoms with Gasteiger partial charge in [0.05, 0.1) is 0 Å². The summed E-state index contributed by atoms with van der Waals surface area (Å²) < 4.78 is 3.37. The number of nitrogens with one attached hydrogen (secondary N) is 2. The van der Waals surface area contributed by atoms with Gasteiger partial charge in [-0.05, 0) is 36.2 Å². The molecule has 0 radical (unpaired) electrons. The van der Waals surface area contributed by atoms with E-state index < -0.39 is 29.9 Å². The number of carbonyl (C=O) groups excluding carboxylic acids is 4. The van der Waals surface area contributed by atoms with Gasteiger partial charge < -0.3 is 30.4 Å². The minimum atomic E-state index is -0.941. The molecule has 0 aliphatic carbocycles. The molecule has 3 heterocycles. The molecule has 1 aliphatic rings. The molecule has 1 fully saturated rings. The van der Waals surface area contributed by atoms with Crippen molar-refractivity contribution in [3.63, 3.8) is 0 Å². The highest BCUT2D eigenvalue weighted by atomic mass is 16.2. The third-order valence-corrected chi connectivity index (χ3v) is 6.48. The minimum absolute atomic E-state index is 0.151. The fourth-order valence-electron chi connectivity index (χ4n) is 4.54. The lowest BCUT2D eigenvalue weighted by Gasteiger charge is -2.25. The van der Waals surface area contributed by atoms with E-state index in [1.54, 1.807) is 59.9 Å². The zero-order valence-corrected chi connectivity index (χ0v) is 20.3. The van der Waals surface area contributed by atoms with Crippen LogP contribution in [-0.2, 0) is 30.1 Å². The third-order valence-electron chi connectivity index (χ3n) is 6.48. The smallest absolute Gasteiger partial charge is 0.271 e. The number of amides is 4. The molecule has 4 N–H and O–H groups in total. The lowest BCUT2D eigenvalue weighted by molar-refractivity contribution is -0.129. The SMILES string of the molecule is Cn1cccc1C(=O)NC1CC(C(=O)NC(Cc2ccccc2)C(N)=O)N(C(=O)c2cccn2C)C1. The first-order valence-electron chi connectivity index (χ1n) is 11.7. The van der Waals surface area contributed by atoms with Gasteiger partial charge in [0.1, 0.15) is 23.5 Å². The summed E-state index contributed by atoms with van der Waals surface area (Å²) >= 11 is 0. The Kier molecular flexibility index (Phi) is 7.23. The Morgan fingerprint density at radius 1 is 0.944 bits per heavy atom. The fraction of sp³-hybridized carbons (Fsp3) is 0.308. The summed E-state index contributed by atoms with van der Waals surface area (Å²) in [5, 5.41) is 5.67. The largest absolute Gasteiger partial charge is 0.368 e. The van der Waals surface area contributed by atoms with Crippen LogP contribution < -0.4 is 16.4 Å². The molecule has 1 saturated heterocycles. The number of rotatable bonds is 8. The zero-order chi connectivity index (χ0) is 25.8. The van der Waals surface area contributed by atoms with Crippen molar-refractivity contribution in [3.05, 3.63) is 83.9 Å². The van der Waals surface area contributed by atoms with Gasteiger partial charge in [0.25, 0.3) is 11.8 Å². The van der Waals surface area contributed by atoms with Crippen molar-refractivity contribution in [2.24, 2.45) is 19.8 Å². The number of carbonyl (C=O) groups is 4. The topological polar surface area (TPSA) is 131 Å². The van der Waals surface area contributed by atoms with E-state index in [4.69, 9.17) is 5.73 Å². The molecule has 3 aromatic rings. The van der Waals surface area contributed by atoms with E-state index in [1.165, 1.54) is 4.90 Å². The summed E-state index contributed by atoms with van der Waals surface area (Å²) in [6.45, 7) is 0.151. The van der Waals surface area contributed by atoms with Crippen LogP contribution in [0.25, 0.3) is 0 Å². The van der Waals surface area contributed by atoms with E-state index in [-0.39, 0.29) is 31.2 Å². The van der Waals surface area contributed by atoms with Crippen molar-refractivity contribution in [3.8, 4) is 0 Å². The van der Waals surface area contributed by atoms with E-state index >= 15 is 0 Å². The van der Waals surface area contributed by atoms with Gasteiger partial charge in [-0.3, -0.25) is 19.2 Å². The summed E-state index contributed by atoms with van der Waals surface area (Å²) in [5.74, 6) is -1.79. The van der Waals surface area contributed by atoms with E-state index in [9.17, 15) is 19.2 Å². The molecule has 4 amide bonds. The number of aromatic nitrogens is 2. The Labute approximate surface area is 209 Å². The summed E-state index contributed by atoms with van der Waals surface area (Å²) in [6.07, 6.45) is 3.95. The van der Waals surface area contributed by atoms with Crippen LogP contribution in [0.4, 0.5) is 0 Å². The molecule has 36 heavy (non-hydrogen) atoms. The van der Waals surface area contributed by atoms with E-state index in [1.807, 2.05) is 30.3 Å². The Morgan fingerprint density at radius 2 is 1.58 bits per heavy atom. The van der Waals surface area contributed by atoms with Crippen LogP contribution in [0.3, 0.4) is 0 Å². The quantitative estimate of drug-likeness (QED) is 0.426. The van der Waals surface area contributed by atoms with E-state index in [0.29, 0.717) is 11.4 Å². The fourth-order valence-corrected chi connectivity index (χ4v) is 4.54. The number of primary amides is 1. The lowest BCUT2D eigenvalue weighted by Crippen LogP contribution is -2.53. The highest BCUT2D eigenvalue weighted by Gasteiger charge is 2.42. The maximum atomic E-state index is 13.4. The predicted molar refractivity (Wildman–Crippen MR) is 133 cm³/mol. The summed E-state index contributed by atoms with van der Waals surface area (Å²) in [4.78, 5) is 53.2. The van der Waals surface area contributed by atoms with Crippen LogP contribution in [-0.4, -0.2) is 62.3 Å². The van der Waals surface area contributed by atoms with Crippen LogP contribution in [0.2, 0.25) is 0 Å². The average molecular weight is 491 g/mol. The number of hydrogen-bond acceptors (Lipinski definition) is 4. The zero-order valence-electron chi connectivity index (χ0n) is 20.3. The van der Waals surface area contributed by atoms with Crippen molar-refractivity contribution >= 4 is 23.6 Å². The van der Waals surface area contributed by atoms with Crippen LogP contribution in [0.15, 0.2) is 67.0 Å². The highest BCUT2D eigenvalue weighted by Crippen LogP contribution is 2.22. The van der Waals surface area contributed by atoms with Crippen molar-refractivity contribution in [2.75, 3.05) is 6.54 Å². The molecule has 3 atom stereocenters. The second kappa shape index (κ2) is 10.5. The van der Waals surface area contributed by atoms with Crippen molar-refractivity contribution in [1.29, 1.82) is 0 Å². The van der Waals surface area contributed by atoms with Crippen LogP contribution >= 0.6 is 0 Å². The first kappa shape index (κ1) is 24.8. The molecular weight excluding hydrogens is 460 g/mol. The second-order valence-corrected chi connectivity index (χ2v) is 9.04. The van der Waals surface area contributed by atoms with Gasteiger partial charge in [-0.25, -0.2) is 0 Å². The third kappa shape index (κ3) is 5.32. The molecule has 3 unspecified atom stereocenters. The Bertz CT molecular complexity index is 1260. The van der Waals surface area contributed by atoms with Gasteiger partial charge in [-0.15, -0.1) is 0 Å². The number of hydrogen-bond donors (Lipinski definition) is 3. The van der Waals surface area contributed by atoms with Crippen molar-refractivity contribution in [2.45, 2.75) is 31.0 Å². The van der Waals surface area contributed by atoms with Crippen molar-refractivity contribution < 1.29 is 19.2 Å². The van der Waals surface area contributed by atoms with Gasteiger partial charge in [-0.2, -0.15) is 0 Å². The van der Waals surface area contributed by atoms with E-state index in [0.717, 1.165) is 5.56 Å². The molecule has 0 saturated carbocycles. The molecule has 4 rings (SSSR count). The molecule has 1 aliphatic heterocycles. The lowest BCUT2D eigenvalue weighted by atomic mass is 10.0. The summed E-state index contributed by atoms with van der Waals surface area (Å²) in [5.41, 5.74) is 7.32. The summed E-state index contributed by atoms with van der Waals surface area (Å²) in [6, 6.07) is 13.8. The van der Waals surface area contributed by atoms with Gasteiger partial charge >= 0.3 is 0 Å². The molecule has 10 nitrogen and oxygen atoms in total. The van der Waals surface area contributed by atoms with Crippen LogP contribution in [0, 0.1) is 0 Å². The summed E-state index contributed by atoms with van der Waals surface area (Å²) in [7, 11) is 3.51. The van der Waals surface area contributed by atoms with Gasteiger partial charge in [0.15, 0.2) is 0 Å². The maximum absolute atomic E-state index is 13.4. The average Bonchev–Trinajstić information content (AvgIpc) is 3.58. The molecule has 0 spiro atoms. The molecular formula is C26H30N6O4. The highest BCUT2D eigenvalue weighted by molar-refractivity contribution is 5.98. The number of nitrogens with zero attached hydrogens (tertiary/aromatic N) is 3. The van der Waals surface area contributed by atoms with Gasteiger partial charge in [0, 0.05) is 45.5 Å². The Hall–Kier alpha value is -4.34. The van der Waals surface area contributed by atoms with E-state index in [2.05, 4.69) is 10.6 Å². The number of aryl methyl sites for hydroxylation is 2. The minimum Gasteiger partial charge on any atom is -0.368 e. The first-order chi connectivity index (χ1) is 17.2. The Morgan fingerprint density at radius 3 is 2.17 bits per heavy atom. The maximum Gasteiger partial charge on any atom is 0.271 e. The normalized spacial score (nSPS) is 18.0. The predicted octanol–water partition coefficient (Wildman–Crippen LogP) is 0.590. The van der Waals surface area contributed by atoms with Gasteiger partial charge in [0.2, 0.25) is 11.8 Å².